The Hall–Kier alpha value is -3.98. The Kier molecular flexibility index (Phi) is 9.94. The van der Waals surface area contributed by atoms with E-state index in [4.69, 9.17) is 4.74 Å². The van der Waals surface area contributed by atoms with E-state index >= 15 is 0 Å². The first-order chi connectivity index (χ1) is 19.7. The van der Waals surface area contributed by atoms with Crippen LogP contribution >= 0.6 is 0 Å². The monoisotopic (exact) mass is 559 g/mol. The normalized spacial score (nSPS) is 16.2. The third-order valence-corrected chi connectivity index (χ3v) is 7.73. The van der Waals surface area contributed by atoms with Crippen LogP contribution in [-0.2, 0) is 31.3 Å². The lowest BCUT2D eigenvalue weighted by Crippen LogP contribution is -2.51. The molecule has 0 aliphatic carbocycles. The van der Waals surface area contributed by atoms with Gasteiger partial charge in [-0.05, 0) is 36.8 Å². The number of amides is 3. The molecule has 1 saturated heterocycles. The van der Waals surface area contributed by atoms with E-state index in [1.807, 2.05) is 72.5 Å². The van der Waals surface area contributed by atoms with Crippen LogP contribution in [0, 0.1) is 11.8 Å². The van der Waals surface area contributed by atoms with Crippen molar-refractivity contribution in [3.8, 4) is 0 Å². The summed E-state index contributed by atoms with van der Waals surface area (Å²) in [5.74, 6) is -0.134. The van der Waals surface area contributed by atoms with Gasteiger partial charge in [-0.15, -0.1) is 0 Å². The number of hydrogen-bond acceptors (Lipinski definition) is 5. The van der Waals surface area contributed by atoms with Gasteiger partial charge in [0.1, 0.15) is 11.6 Å². The Balaban J connectivity index is 1.52. The van der Waals surface area contributed by atoms with E-state index in [1.54, 1.807) is 30.9 Å². The number of hydrogen-bond donors (Lipinski definition) is 2. The Morgan fingerprint density at radius 3 is 2.27 bits per heavy atom. The quantitative estimate of drug-likeness (QED) is 0.366. The van der Waals surface area contributed by atoms with Crippen molar-refractivity contribution in [1.82, 2.24) is 19.8 Å². The zero-order valence-electron chi connectivity index (χ0n) is 24.4. The first-order valence-electron chi connectivity index (χ1n) is 14.3. The minimum Gasteiger partial charge on any atom is -0.374 e. The van der Waals surface area contributed by atoms with Gasteiger partial charge in [-0.1, -0.05) is 81.4 Å². The first kappa shape index (κ1) is 30.0. The van der Waals surface area contributed by atoms with Gasteiger partial charge in [-0.2, -0.15) is 0 Å². The summed E-state index contributed by atoms with van der Waals surface area (Å²) in [6, 6.07) is 18.3. The Morgan fingerprint density at radius 1 is 1.00 bits per heavy atom. The predicted molar refractivity (Wildman–Crippen MR) is 158 cm³/mol. The highest BCUT2D eigenvalue weighted by Gasteiger charge is 2.41. The van der Waals surface area contributed by atoms with E-state index in [2.05, 4.69) is 22.5 Å². The maximum Gasteiger partial charge on any atom is 0.253 e. The lowest BCUT2D eigenvalue weighted by Gasteiger charge is -2.38. The third-order valence-electron chi connectivity index (χ3n) is 7.73. The average Bonchev–Trinajstić information content (AvgIpc) is 3.46. The molecule has 1 aromatic heterocycles. The van der Waals surface area contributed by atoms with Gasteiger partial charge >= 0.3 is 0 Å². The van der Waals surface area contributed by atoms with Crippen molar-refractivity contribution in [3.63, 3.8) is 0 Å². The number of piperidine rings is 1. The molecule has 218 valence electrons. The average molecular weight is 560 g/mol. The summed E-state index contributed by atoms with van der Waals surface area (Å²) in [6.07, 6.45) is 5.18. The summed E-state index contributed by atoms with van der Waals surface area (Å²) in [4.78, 5) is 46.2. The fourth-order valence-corrected chi connectivity index (χ4v) is 4.90. The molecule has 2 N–H and O–H groups in total. The summed E-state index contributed by atoms with van der Waals surface area (Å²) < 4.78 is 7.55. The molecule has 1 aliphatic rings. The molecule has 0 saturated carbocycles. The largest absolute Gasteiger partial charge is 0.374 e. The number of nitrogens with zero attached hydrogens (tertiary/aromatic N) is 3. The highest BCUT2D eigenvalue weighted by atomic mass is 16.5. The molecule has 2 atom stereocenters. The van der Waals surface area contributed by atoms with E-state index in [9.17, 15) is 14.4 Å². The van der Waals surface area contributed by atoms with Crippen molar-refractivity contribution in [2.75, 3.05) is 25.0 Å². The van der Waals surface area contributed by atoms with Crippen LogP contribution in [0.2, 0.25) is 0 Å². The Labute approximate surface area is 242 Å². The number of nitrogens with one attached hydrogen (secondary N) is 2. The lowest BCUT2D eigenvalue weighted by molar-refractivity contribution is -0.139. The Morgan fingerprint density at radius 2 is 1.63 bits per heavy atom. The van der Waals surface area contributed by atoms with E-state index in [0.717, 1.165) is 24.0 Å². The smallest absolute Gasteiger partial charge is 0.253 e. The van der Waals surface area contributed by atoms with Gasteiger partial charge in [0, 0.05) is 25.2 Å². The molecule has 0 spiro atoms. The summed E-state index contributed by atoms with van der Waals surface area (Å²) >= 11 is 0. The van der Waals surface area contributed by atoms with Crippen molar-refractivity contribution in [1.29, 1.82) is 0 Å². The molecule has 3 aromatic rings. The molecular weight excluding hydrogens is 518 g/mol. The van der Waals surface area contributed by atoms with Crippen LogP contribution in [0.25, 0.3) is 0 Å². The SMILES string of the molecule is CC1CCN(C(=O)C(C)(c2ccccc2)n2cnc(NC(=O)[C@@H](COCc3ccccc3)NC(=O)C(C)C)c2)CC1. The summed E-state index contributed by atoms with van der Waals surface area (Å²) in [6.45, 7) is 9.35. The number of rotatable bonds is 11. The number of benzene rings is 2. The molecule has 0 bridgehead atoms. The number of ether oxygens (including phenoxy) is 1. The molecular formula is C32H41N5O4. The maximum absolute atomic E-state index is 14.0. The van der Waals surface area contributed by atoms with Gasteiger partial charge in [-0.25, -0.2) is 4.98 Å². The first-order valence-corrected chi connectivity index (χ1v) is 14.3. The van der Waals surface area contributed by atoms with Crippen LogP contribution in [-0.4, -0.2) is 57.9 Å². The van der Waals surface area contributed by atoms with E-state index < -0.39 is 17.5 Å². The molecule has 9 nitrogen and oxygen atoms in total. The van der Waals surface area contributed by atoms with Crippen molar-refractivity contribution in [3.05, 3.63) is 84.3 Å². The van der Waals surface area contributed by atoms with Gasteiger partial charge in [0.05, 0.1) is 19.5 Å². The van der Waals surface area contributed by atoms with Crippen molar-refractivity contribution in [2.45, 2.75) is 58.7 Å². The lowest BCUT2D eigenvalue weighted by atomic mass is 9.88. The second-order valence-electron chi connectivity index (χ2n) is 11.3. The number of anilines is 1. The maximum atomic E-state index is 14.0. The number of carbonyl (C=O) groups excluding carboxylic acids is 3. The molecule has 1 aliphatic heterocycles. The van der Waals surface area contributed by atoms with Gasteiger partial charge in [-0.3, -0.25) is 14.4 Å². The van der Waals surface area contributed by atoms with E-state index in [-0.39, 0.29) is 30.2 Å². The Bertz CT molecular complexity index is 1300. The second-order valence-corrected chi connectivity index (χ2v) is 11.3. The van der Waals surface area contributed by atoms with Crippen LogP contribution in [0.3, 0.4) is 0 Å². The zero-order chi connectivity index (χ0) is 29.4. The van der Waals surface area contributed by atoms with Crippen LogP contribution in [0.5, 0.6) is 0 Å². The van der Waals surface area contributed by atoms with Crippen molar-refractivity contribution < 1.29 is 19.1 Å². The number of likely N-dealkylation sites (tertiary alicyclic amines) is 1. The summed E-state index contributed by atoms with van der Waals surface area (Å²) in [5, 5.41) is 5.59. The van der Waals surface area contributed by atoms with Crippen LogP contribution in [0.15, 0.2) is 73.2 Å². The molecule has 0 radical (unpaired) electrons. The molecule has 1 fully saturated rings. The van der Waals surface area contributed by atoms with Crippen molar-refractivity contribution in [2.24, 2.45) is 11.8 Å². The third kappa shape index (κ3) is 7.41. The fraction of sp³-hybridized carbons (Fsp3) is 0.438. The molecule has 3 amide bonds. The van der Waals surface area contributed by atoms with Crippen molar-refractivity contribution >= 4 is 23.5 Å². The minimum absolute atomic E-state index is 0.00645. The topological polar surface area (TPSA) is 106 Å². The van der Waals surface area contributed by atoms with Crippen LogP contribution in [0.4, 0.5) is 5.82 Å². The highest BCUT2D eigenvalue weighted by Crippen LogP contribution is 2.31. The van der Waals surface area contributed by atoms with Crippen LogP contribution < -0.4 is 10.6 Å². The zero-order valence-corrected chi connectivity index (χ0v) is 24.4. The van der Waals surface area contributed by atoms with Gasteiger partial charge in [0.25, 0.3) is 11.8 Å². The molecule has 4 rings (SSSR count). The molecule has 2 aromatic carbocycles. The predicted octanol–water partition coefficient (Wildman–Crippen LogP) is 4.20. The second kappa shape index (κ2) is 13.6. The summed E-state index contributed by atoms with van der Waals surface area (Å²) in [5.41, 5.74) is 0.742. The molecule has 9 heteroatoms. The molecule has 2 heterocycles. The number of imidazole rings is 1. The molecule has 1 unspecified atom stereocenters. The van der Waals surface area contributed by atoms with Gasteiger partial charge in [0.15, 0.2) is 5.82 Å². The van der Waals surface area contributed by atoms with E-state index in [1.165, 1.54) is 0 Å². The fourth-order valence-electron chi connectivity index (χ4n) is 4.90. The molecule has 41 heavy (non-hydrogen) atoms. The number of carbonyl (C=O) groups is 3. The van der Waals surface area contributed by atoms with Crippen LogP contribution in [0.1, 0.15) is 51.7 Å². The van der Waals surface area contributed by atoms with Gasteiger partial charge < -0.3 is 24.8 Å². The van der Waals surface area contributed by atoms with E-state index in [0.29, 0.717) is 25.6 Å². The highest BCUT2D eigenvalue weighted by molar-refractivity contribution is 5.97. The van der Waals surface area contributed by atoms with Gasteiger partial charge in [0.2, 0.25) is 5.91 Å². The summed E-state index contributed by atoms with van der Waals surface area (Å²) in [7, 11) is 0. The minimum atomic E-state index is -1.05. The standard InChI is InChI=1S/C32H41N5O4/c1-23(2)29(38)34-27(21-41-20-25-11-7-5-8-12-25)30(39)35-28-19-37(22-33-28)32(4,26-13-9-6-10-14-26)31(40)36-17-15-24(3)16-18-36/h5-14,19,22-24,27H,15-18,20-21H2,1-4H3,(H,34,38)(H,35,39)/t27-,32?/m1/s1. The number of aromatic nitrogens is 2.